The molecule has 7 nitrogen and oxygen atoms in total. The van der Waals surface area contributed by atoms with Gasteiger partial charge in [0, 0.05) is 29.1 Å². The number of rotatable bonds is 2. The molecule has 3 aliphatic carbocycles. The first-order chi connectivity index (χ1) is 21.1. The van der Waals surface area contributed by atoms with Gasteiger partial charge >= 0.3 is 0 Å². The number of aryl methyl sites for hydroxylation is 1. The number of nitrogens with zero attached hydrogens (tertiary/aromatic N) is 1. The van der Waals surface area contributed by atoms with Gasteiger partial charge in [0.05, 0.1) is 23.6 Å². The van der Waals surface area contributed by atoms with Crippen molar-refractivity contribution >= 4 is 33.2 Å². The lowest BCUT2D eigenvalue weighted by Crippen LogP contribution is -2.49. The Kier molecular flexibility index (Phi) is 7.99. The van der Waals surface area contributed by atoms with Crippen molar-refractivity contribution in [3.63, 3.8) is 0 Å². The predicted octanol–water partition coefficient (Wildman–Crippen LogP) is 6.02. The van der Waals surface area contributed by atoms with Gasteiger partial charge < -0.3 is 14.7 Å². The van der Waals surface area contributed by atoms with E-state index in [0.29, 0.717) is 43.2 Å². The lowest BCUT2D eigenvalue weighted by Gasteiger charge is -2.45. The summed E-state index contributed by atoms with van der Waals surface area (Å²) in [6.07, 6.45) is 11.4. The van der Waals surface area contributed by atoms with Gasteiger partial charge in [0.25, 0.3) is 5.91 Å². The minimum absolute atomic E-state index is 0.132. The van der Waals surface area contributed by atoms with E-state index in [0.717, 1.165) is 62.2 Å². The van der Waals surface area contributed by atoms with Crippen molar-refractivity contribution in [2.75, 3.05) is 24.6 Å². The van der Waals surface area contributed by atoms with Gasteiger partial charge in [0.15, 0.2) is 0 Å². The fraction of sp³-hybridized carbons (Fsp3) is 0.571. The summed E-state index contributed by atoms with van der Waals surface area (Å²) in [4.78, 5) is 15.9. The van der Waals surface area contributed by atoms with Crippen LogP contribution in [-0.2, 0) is 21.9 Å². The molecule has 2 fully saturated rings. The van der Waals surface area contributed by atoms with E-state index in [-0.39, 0.29) is 23.2 Å². The number of anilines is 1. The third kappa shape index (κ3) is 5.78. The summed E-state index contributed by atoms with van der Waals surface area (Å²) in [6, 6.07) is 11.5. The van der Waals surface area contributed by atoms with Crippen LogP contribution in [0.25, 0.3) is 0 Å². The number of hydrogen-bond acceptors (Lipinski definition) is 6. The van der Waals surface area contributed by atoms with Crippen LogP contribution < -0.4 is 14.4 Å². The second-order valence-electron chi connectivity index (χ2n) is 14.1. The Bertz CT molecular complexity index is 1570. The van der Waals surface area contributed by atoms with Crippen molar-refractivity contribution in [2.45, 2.75) is 81.5 Å². The maximum atomic E-state index is 13.7. The molecule has 2 heterocycles. The topological polar surface area (TPSA) is 95.9 Å². The Labute approximate surface area is 266 Å². The molecule has 0 radical (unpaired) electrons. The van der Waals surface area contributed by atoms with Crippen LogP contribution in [0.2, 0.25) is 5.02 Å². The van der Waals surface area contributed by atoms with Gasteiger partial charge in [-0.1, -0.05) is 49.6 Å². The van der Waals surface area contributed by atoms with Crippen LogP contribution in [0.1, 0.15) is 79.8 Å². The van der Waals surface area contributed by atoms with Gasteiger partial charge in [0.1, 0.15) is 5.75 Å². The minimum Gasteiger partial charge on any atom is -0.490 e. The molecule has 9 heteroatoms. The van der Waals surface area contributed by atoms with Crippen molar-refractivity contribution < 1.29 is 23.1 Å². The minimum atomic E-state index is -3.93. The number of aliphatic hydroxyl groups excluding tert-OH is 1. The molecule has 2 saturated carbocycles. The summed E-state index contributed by atoms with van der Waals surface area (Å²) in [5, 5.41) is 11.3. The standard InChI is InChI=1S/C35H43ClN2O5S/c1-22-4-2-6-31(39)28-12-9-26(28)19-38-20-35(15-3-5-24-17-27(36)11-13-29(24)35)21-43-32-14-10-25(18-30(32)38)34(40)37-44(41,42)33(22)16-23-7-8-23/h2,6,10-11,13-14,17-18,22-23,26,28,31,33,39H,3-5,7-9,12,15-16,19-21H2,1H3,(H,37,40)/b6-2+/t22-,26-,28+,31-,33-,35-/m0/s1. The van der Waals surface area contributed by atoms with Crippen LogP contribution in [0.5, 0.6) is 5.75 Å². The van der Waals surface area contributed by atoms with Crippen molar-refractivity contribution in [2.24, 2.45) is 23.7 Å². The first-order valence-corrected chi connectivity index (χ1v) is 18.3. The quantitative estimate of drug-likeness (QED) is 0.391. The number of carbonyl (C=O) groups is 1. The van der Waals surface area contributed by atoms with E-state index < -0.39 is 27.3 Å². The van der Waals surface area contributed by atoms with E-state index in [2.05, 4.69) is 21.8 Å². The molecule has 7 rings (SSSR count). The van der Waals surface area contributed by atoms with Crippen LogP contribution in [0, 0.1) is 23.7 Å². The number of allylic oxidation sites excluding steroid dienone is 1. The SMILES string of the molecule is C[C@H]1C/C=C/[C@H](O)[C@@H]2CC[C@H]2CN2C[C@@]3(CCCc4cc(Cl)ccc43)COc3ccc(cc32)C(=O)NS(=O)(=O)[C@H]1CC1CC1. The number of aliphatic hydroxyl groups is 1. The van der Waals surface area contributed by atoms with Crippen molar-refractivity contribution in [1.82, 2.24) is 4.72 Å². The molecule has 44 heavy (non-hydrogen) atoms. The van der Waals surface area contributed by atoms with Gasteiger partial charge in [-0.3, -0.25) is 4.79 Å². The molecule has 0 aromatic heterocycles. The number of ether oxygens (including phenoxy) is 1. The van der Waals surface area contributed by atoms with E-state index in [4.69, 9.17) is 16.3 Å². The zero-order chi connectivity index (χ0) is 30.6. The Morgan fingerprint density at radius 1 is 1.14 bits per heavy atom. The maximum Gasteiger partial charge on any atom is 0.264 e. The normalized spacial score (nSPS) is 34.0. The molecule has 2 aliphatic heterocycles. The smallest absolute Gasteiger partial charge is 0.264 e. The van der Waals surface area contributed by atoms with Crippen molar-refractivity contribution in [3.05, 3.63) is 70.3 Å². The lowest BCUT2D eigenvalue weighted by molar-refractivity contribution is 0.0455. The van der Waals surface area contributed by atoms with E-state index in [1.807, 2.05) is 31.2 Å². The molecule has 6 atom stereocenters. The summed E-state index contributed by atoms with van der Waals surface area (Å²) in [5.41, 5.74) is 3.38. The van der Waals surface area contributed by atoms with Crippen molar-refractivity contribution in [3.8, 4) is 5.75 Å². The molecule has 5 aliphatic rings. The Balaban J connectivity index is 1.28. The summed E-state index contributed by atoms with van der Waals surface area (Å²) in [5.74, 6) is 0.716. The summed E-state index contributed by atoms with van der Waals surface area (Å²) in [6.45, 7) is 3.87. The van der Waals surface area contributed by atoms with Gasteiger partial charge in [-0.25, -0.2) is 13.1 Å². The zero-order valence-electron chi connectivity index (χ0n) is 25.4. The number of benzene rings is 2. The van der Waals surface area contributed by atoms with Gasteiger partial charge in [-0.15, -0.1) is 0 Å². The Morgan fingerprint density at radius 2 is 1.98 bits per heavy atom. The Hall–Kier alpha value is -2.55. The van der Waals surface area contributed by atoms with Crippen LogP contribution in [0.15, 0.2) is 48.6 Å². The van der Waals surface area contributed by atoms with Crippen LogP contribution in [0.3, 0.4) is 0 Å². The highest BCUT2D eigenvalue weighted by Gasteiger charge is 2.44. The molecular weight excluding hydrogens is 596 g/mol. The molecule has 1 amide bonds. The van der Waals surface area contributed by atoms with Crippen LogP contribution in [0.4, 0.5) is 5.69 Å². The fourth-order valence-corrected chi connectivity index (χ4v) is 10.1. The van der Waals surface area contributed by atoms with E-state index in [9.17, 15) is 18.3 Å². The monoisotopic (exact) mass is 638 g/mol. The molecule has 236 valence electrons. The molecule has 0 unspecified atom stereocenters. The highest BCUT2D eigenvalue weighted by molar-refractivity contribution is 7.90. The molecule has 2 aromatic rings. The number of sulfonamides is 1. The highest BCUT2D eigenvalue weighted by atomic mass is 35.5. The first kappa shape index (κ1) is 30.1. The predicted molar refractivity (Wildman–Crippen MR) is 173 cm³/mol. The zero-order valence-corrected chi connectivity index (χ0v) is 27.0. The number of carbonyl (C=O) groups excluding carboxylic acids is 1. The van der Waals surface area contributed by atoms with Gasteiger partial charge in [-0.05, 0) is 110 Å². The van der Waals surface area contributed by atoms with Crippen LogP contribution >= 0.6 is 11.6 Å². The maximum absolute atomic E-state index is 13.7. The highest BCUT2D eigenvalue weighted by Crippen LogP contribution is 2.47. The number of halogens is 1. The fourth-order valence-electron chi connectivity index (χ4n) is 8.15. The number of fused-ring (bicyclic) bond motifs is 4. The summed E-state index contributed by atoms with van der Waals surface area (Å²) in [7, 11) is -3.93. The van der Waals surface area contributed by atoms with Crippen LogP contribution in [-0.4, -0.2) is 50.5 Å². The molecule has 2 aromatic carbocycles. The lowest BCUT2D eigenvalue weighted by atomic mass is 9.68. The van der Waals surface area contributed by atoms with E-state index >= 15 is 0 Å². The third-order valence-electron chi connectivity index (χ3n) is 11.0. The molecule has 1 spiro atoms. The average Bonchev–Trinajstić information content (AvgIpc) is 3.81. The summed E-state index contributed by atoms with van der Waals surface area (Å²) >= 11 is 6.41. The number of amides is 1. The second kappa shape index (κ2) is 11.7. The number of nitrogens with one attached hydrogen (secondary N) is 1. The van der Waals surface area contributed by atoms with Gasteiger partial charge in [-0.2, -0.15) is 0 Å². The second-order valence-corrected chi connectivity index (χ2v) is 16.4. The molecule has 2 N–H and O–H groups in total. The van der Waals surface area contributed by atoms with E-state index in [1.54, 1.807) is 12.1 Å². The summed E-state index contributed by atoms with van der Waals surface area (Å²) < 4.78 is 36.4. The molecule has 2 bridgehead atoms. The first-order valence-electron chi connectivity index (χ1n) is 16.3. The largest absolute Gasteiger partial charge is 0.490 e. The van der Waals surface area contributed by atoms with E-state index in [1.165, 1.54) is 11.1 Å². The molecule has 0 saturated heterocycles. The Morgan fingerprint density at radius 3 is 2.75 bits per heavy atom. The van der Waals surface area contributed by atoms with Crippen molar-refractivity contribution in [1.29, 1.82) is 0 Å². The average molecular weight is 639 g/mol. The van der Waals surface area contributed by atoms with Gasteiger partial charge in [0.2, 0.25) is 10.0 Å². The third-order valence-corrected chi connectivity index (χ3v) is 13.2. The molecular formula is C35H43ClN2O5S. The number of hydrogen-bond donors (Lipinski definition) is 2.